The number of hydrogen-bond acceptors (Lipinski definition) is 32. The number of thioether (sulfide) groups is 4. The smallest absolute Gasteiger partial charge is 0.132 e. The molecule has 4 aliphatic rings. The summed E-state index contributed by atoms with van der Waals surface area (Å²) < 4.78 is 29.0. The zero-order valence-corrected chi connectivity index (χ0v) is 46.6. The summed E-state index contributed by atoms with van der Waals surface area (Å²) in [6, 6.07) is 3.86. The van der Waals surface area contributed by atoms with Gasteiger partial charge in [-0.1, -0.05) is 33.0 Å². The molecule has 20 atom stereocenters. The van der Waals surface area contributed by atoms with E-state index in [1.807, 2.05) is 12.1 Å². The van der Waals surface area contributed by atoms with E-state index in [2.05, 4.69) is 41.2 Å². The van der Waals surface area contributed by atoms with Gasteiger partial charge in [0.1, 0.15) is 119 Å². The van der Waals surface area contributed by atoms with Crippen LogP contribution in [0.3, 0.4) is 0 Å². The van der Waals surface area contributed by atoms with Crippen LogP contribution in [0.15, 0.2) is 36.9 Å². The SMILES string of the molecule is OC[C@H]1O[C@H](SCc2cn(Cc3cc(Cn4cc(CS[C@H]5O[C@H](CO)[C@@H](O)[C@H](O)[C@@H]5O)nn4)c(Cn4cc(CS[C@H]5O[C@H](CO)[C@@H](O)[C@H](O)[C@@H]5O)nn4)cc3Cn3cc(CS[C@H]4O[C@H](CO)[C@@H](O)[C@H](O)[C@@H]4O)nn3)nn2)[C@@H](O)[C@@H](O)[C@@H]1O. The van der Waals surface area contributed by atoms with Crippen LogP contribution < -0.4 is 0 Å². The summed E-state index contributed by atoms with van der Waals surface area (Å²) in [6.07, 6.45) is -15.9. The summed E-state index contributed by atoms with van der Waals surface area (Å²) in [6.45, 7) is -1.87. The molecule has 0 radical (unpaired) electrons. The minimum atomic E-state index is -1.56. The topological polar surface area (TPSA) is 483 Å². The van der Waals surface area contributed by atoms with E-state index in [9.17, 15) is 81.7 Å². The molecule has 0 bridgehead atoms. The number of aromatic nitrogens is 12. The van der Waals surface area contributed by atoms with Crippen molar-refractivity contribution in [3.05, 3.63) is 81.9 Å². The van der Waals surface area contributed by atoms with Crippen LogP contribution in [0, 0.1) is 0 Å². The predicted molar refractivity (Wildman–Crippen MR) is 283 cm³/mol. The number of benzene rings is 1. The lowest BCUT2D eigenvalue weighted by molar-refractivity contribution is -0.205. The molecule has 4 saturated heterocycles. The van der Waals surface area contributed by atoms with Gasteiger partial charge in [-0.05, 0) is 22.3 Å². The van der Waals surface area contributed by atoms with Gasteiger partial charge in [0.05, 0.1) is 75.4 Å². The third kappa shape index (κ3) is 14.6. The van der Waals surface area contributed by atoms with Gasteiger partial charge in [0.25, 0.3) is 0 Å². The number of hydrogen-bond donors (Lipinski definition) is 16. The Morgan fingerprint density at radius 3 is 0.720 bits per heavy atom. The van der Waals surface area contributed by atoms with Crippen molar-refractivity contribution in [1.82, 2.24) is 60.0 Å². The van der Waals surface area contributed by atoms with Crippen LogP contribution in [-0.2, 0) is 68.1 Å². The summed E-state index contributed by atoms with van der Waals surface area (Å²) in [4.78, 5) is 0. The maximum Gasteiger partial charge on any atom is 0.132 e. The number of aliphatic hydroxyl groups is 16. The van der Waals surface area contributed by atoms with Crippen molar-refractivity contribution in [3.63, 3.8) is 0 Å². The van der Waals surface area contributed by atoms with E-state index >= 15 is 0 Å². The first-order chi connectivity index (χ1) is 39.4. The molecule has 454 valence electrons. The maximum atomic E-state index is 10.7. The van der Waals surface area contributed by atoms with E-state index < -0.39 is 146 Å². The number of rotatable bonds is 24. The lowest BCUT2D eigenvalue weighted by Crippen LogP contribution is -2.57. The molecule has 9 rings (SSSR count). The first-order valence-corrected chi connectivity index (χ1v) is 29.9. The van der Waals surface area contributed by atoms with Gasteiger partial charge in [0.15, 0.2) is 0 Å². The molecule has 36 heteroatoms. The Bertz CT molecular complexity index is 2460. The molecule has 16 N–H and O–H groups in total. The first kappa shape index (κ1) is 62.9. The monoisotopic (exact) mass is 1230 g/mol. The van der Waals surface area contributed by atoms with Crippen LogP contribution in [0.4, 0.5) is 0 Å². The third-order valence-corrected chi connectivity index (χ3v) is 18.9. The van der Waals surface area contributed by atoms with Crippen LogP contribution in [0.5, 0.6) is 0 Å². The van der Waals surface area contributed by atoms with E-state index in [4.69, 9.17) is 18.9 Å². The average molecular weight is 1240 g/mol. The van der Waals surface area contributed by atoms with Crippen LogP contribution in [0.1, 0.15) is 45.0 Å². The number of nitrogens with zero attached hydrogens (tertiary/aromatic N) is 12. The normalized spacial score (nSPS) is 34.4. The molecule has 8 heterocycles. The number of ether oxygens (including phenoxy) is 4. The highest BCUT2D eigenvalue weighted by Crippen LogP contribution is 2.35. The van der Waals surface area contributed by atoms with Gasteiger partial charge in [-0.3, -0.25) is 0 Å². The standard InChI is InChI=1S/C46H66N12O20S4/c59-11-27-31(63)35(67)39(71)43(75-27)79-15-23-7-55(51-47-23)3-19-1-20(4-56-8-24(48-52-56)16-80-44-40(72)36(68)32(64)28(12-60)76-44)22(6-58-10-26(50-54-58)18-82-46-42(74)38(70)34(66)30(14-62)78-46)2-21(19)5-57-9-25(49-53-57)17-81-45-41(73)37(69)33(65)29(13-61)77-45/h1-2,7-10,27-46,59-74H,3-6,11-18H2/t27-,28-,29-,30-,31-,32-,33-,34-,35+,36+,37+,38+,39+,40+,41+,42+,43-,44-,45-,46-/m1/s1. The summed E-state index contributed by atoms with van der Waals surface area (Å²) in [5.74, 6) is 0.583. The highest BCUT2D eigenvalue weighted by Gasteiger charge is 2.47. The van der Waals surface area contributed by atoms with Crippen molar-refractivity contribution in [1.29, 1.82) is 0 Å². The van der Waals surface area contributed by atoms with Crippen molar-refractivity contribution < 1.29 is 101 Å². The molecule has 32 nitrogen and oxygen atoms in total. The Kier molecular flexibility index (Phi) is 21.7. The average Bonchev–Trinajstić information content (AvgIpc) is 4.47. The van der Waals surface area contributed by atoms with Crippen LogP contribution >= 0.6 is 47.0 Å². The molecule has 0 spiro atoms. The van der Waals surface area contributed by atoms with Crippen molar-refractivity contribution in [2.24, 2.45) is 0 Å². The van der Waals surface area contributed by atoms with Gasteiger partial charge in [-0.2, -0.15) is 0 Å². The van der Waals surface area contributed by atoms with Gasteiger partial charge >= 0.3 is 0 Å². The zero-order valence-electron chi connectivity index (χ0n) is 43.3. The lowest BCUT2D eigenvalue weighted by atomic mass is 9.97. The second kappa shape index (κ2) is 28.3. The number of aliphatic hydroxyl groups excluding tert-OH is 16. The molecule has 4 fully saturated rings. The molecule has 0 unspecified atom stereocenters. The molecule has 4 aliphatic heterocycles. The Labute approximate surface area is 482 Å². The fourth-order valence-electron chi connectivity index (χ4n) is 9.50. The fourth-order valence-corrected chi connectivity index (χ4v) is 13.7. The Hall–Kier alpha value is -3.62. The molecule has 4 aromatic heterocycles. The van der Waals surface area contributed by atoms with E-state index in [0.29, 0.717) is 45.0 Å². The highest BCUT2D eigenvalue weighted by atomic mass is 32.2. The summed E-state index contributed by atoms with van der Waals surface area (Å²) in [5.41, 5.74) is 0.597. The molecule has 1 aromatic carbocycles. The van der Waals surface area contributed by atoms with Gasteiger partial charge < -0.3 is 101 Å². The zero-order chi connectivity index (χ0) is 58.5. The van der Waals surface area contributed by atoms with E-state index in [0.717, 1.165) is 47.0 Å². The lowest BCUT2D eigenvalue weighted by Gasteiger charge is -2.39. The van der Waals surface area contributed by atoms with Crippen molar-refractivity contribution in [2.75, 3.05) is 26.4 Å². The molecule has 0 aliphatic carbocycles. The minimum Gasteiger partial charge on any atom is -0.394 e. The molecule has 5 aromatic rings. The van der Waals surface area contributed by atoms with Crippen molar-refractivity contribution in [3.8, 4) is 0 Å². The summed E-state index contributed by atoms with van der Waals surface area (Å²) in [7, 11) is 0. The molecular weight excluding hydrogens is 1170 g/mol. The first-order valence-electron chi connectivity index (χ1n) is 25.7. The van der Waals surface area contributed by atoms with Gasteiger partial charge in [-0.25, -0.2) is 18.7 Å². The van der Waals surface area contributed by atoms with Crippen LogP contribution in [0.25, 0.3) is 0 Å². The van der Waals surface area contributed by atoms with Crippen LogP contribution in [-0.4, -0.2) is 288 Å². The highest BCUT2D eigenvalue weighted by molar-refractivity contribution is 7.99. The van der Waals surface area contributed by atoms with Crippen molar-refractivity contribution in [2.45, 2.75) is 169 Å². The quantitative estimate of drug-likeness (QED) is 0.0273. The summed E-state index contributed by atoms with van der Waals surface area (Å²) >= 11 is 4.34. The van der Waals surface area contributed by atoms with Gasteiger partial charge in [-0.15, -0.1) is 67.4 Å². The second-order valence-electron chi connectivity index (χ2n) is 20.1. The second-order valence-corrected chi connectivity index (χ2v) is 24.4. The molecule has 82 heavy (non-hydrogen) atoms. The Balaban J connectivity index is 0.995. The van der Waals surface area contributed by atoms with Gasteiger partial charge in [0.2, 0.25) is 0 Å². The molecule has 0 saturated carbocycles. The fraction of sp³-hybridized carbons (Fsp3) is 0.696. The van der Waals surface area contributed by atoms with E-state index in [1.54, 1.807) is 43.5 Å². The summed E-state index contributed by atoms with van der Waals surface area (Å²) in [5, 5.41) is 199. The third-order valence-electron chi connectivity index (χ3n) is 14.2. The van der Waals surface area contributed by atoms with Crippen LogP contribution in [0.2, 0.25) is 0 Å². The van der Waals surface area contributed by atoms with E-state index in [1.165, 1.54) is 0 Å². The maximum absolute atomic E-state index is 10.7. The molecule has 0 amide bonds. The van der Waals surface area contributed by atoms with Crippen molar-refractivity contribution >= 4 is 47.0 Å². The Morgan fingerprint density at radius 1 is 0.317 bits per heavy atom. The Morgan fingerprint density at radius 2 is 0.524 bits per heavy atom. The predicted octanol–water partition coefficient (Wildman–Crippen LogP) is -7.62. The minimum absolute atomic E-state index is 0.121. The largest absolute Gasteiger partial charge is 0.394 e. The van der Waals surface area contributed by atoms with Gasteiger partial charge in [0, 0.05) is 47.8 Å². The van der Waals surface area contributed by atoms with E-state index in [-0.39, 0.29) is 49.2 Å². The molecular formula is C46H66N12O20S4.